The quantitative estimate of drug-likeness (QED) is 0.571. The van der Waals surface area contributed by atoms with E-state index < -0.39 is 11.7 Å². The lowest BCUT2D eigenvalue weighted by Gasteiger charge is -2.07. The molecular weight excluding hydrogens is 399 g/mol. The first-order valence-electron chi connectivity index (χ1n) is 8.71. The highest BCUT2D eigenvalue weighted by Crippen LogP contribution is 2.20. The van der Waals surface area contributed by atoms with Gasteiger partial charge in [-0.15, -0.1) is 5.10 Å². The molecule has 0 saturated heterocycles. The van der Waals surface area contributed by atoms with Gasteiger partial charge in [-0.3, -0.25) is 9.59 Å². The van der Waals surface area contributed by atoms with Crippen molar-refractivity contribution in [3.63, 3.8) is 0 Å². The van der Waals surface area contributed by atoms with Gasteiger partial charge in [0, 0.05) is 11.4 Å². The van der Waals surface area contributed by atoms with Crippen LogP contribution in [-0.2, 0) is 17.8 Å². The average Bonchev–Trinajstić information content (AvgIpc) is 3.05. The van der Waals surface area contributed by atoms with Crippen LogP contribution in [0.2, 0.25) is 5.02 Å². The van der Waals surface area contributed by atoms with Crippen LogP contribution in [0.1, 0.15) is 23.0 Å². The Hall–Kier alpha value is -3.46. The van der Waals surface area contributed by atoms with Crippen LogP contribution in [0, 0.1) is 5.82 Å². The number of rotatable bonds is 6. The number of hydrogen-bond acceptors (Lipinski definition) is 5. The molecule has 3 aromatic rings. The van der Waals surface area contributed by atoms with E-state index in [0.29, 0.717) is 5.69 Å². The molecule has 0 aliphatic rings. The largest absolute Gasteiger partial charge is 0.382 e. The first-order chi connectivity index (χ1) is 13.9. The van der Waals surface area contributed by atoms with Gasteiger partial charge in [-0.05, 0) is 42.3 Å². The standard InChI is InChI=1S/C19H18ClFN6O2/c1-2-11-3-5-12(6-4-11)23-16(28)10-27-18(22)17(25-26-27)19(29)24-13-7-8-15(21)14(20)9-13/h3-9H,2,10,22H2,1H3,(H,23,28)(H,24,29). The summed E-state index contributed by atoms with van der Waals surface area (Å²) in [7, 11) is 0. The first-order valence-corrected chi connectivity index (χ1v) is 9.09. The smallest absolute Gasteiger partial charge is 0.280 e. The lowest BCUT2D eigenvalue weighted by molar-refractivity contribution is -0.116. The Bertz CT molecular complexity index is 1050. The Morgan fingerprint density at radius 3 is 2.48 bits per heavy atom. The Morgan fingerprint density at radius 1 is 1.14 bits per heavy atom. The second kappa shape index (κ2) is 8.70. The summed E-state index contributed by atoms with van der Waals surface area (Å²) in [6.45, 7) is 1.82. The van der Waals surface area contributed by atoms with Crippen LogP contribution < -0.4 is 16.4 Å². The summed E-state index contributed by atoms with van der Waals surface area (Å²) < 4.78 is 14.3. The molecular formula is C19H18ClFN6O2. The third-order valence-electron chi connectivity index (χ3n) is 4.11. The van der Waals surface area contributed by atoms with Crippen molar-refractivity contribution in [1.82, 2.24) is 15.0 Å². The number of hydrogen-bond donors (Lipinski definition) is 3. The SMILES string of the molecule is CCc1ccc(NC(=O)Cn2nnc(C(=O)Nc3ccc(F)c(Cl)c3)c2N)cc1. The van der Waals surface area contributed by atoms with Crippen molar-refractivity contribution in [1.29, 1.82) is 0 Å². The molecule has 150 valence electrons. The molecule has 0 aliphatic carbocycles. The van der Waals surface area contributed by atoms with E-state index in [1.165, 1.54) is 12.1 Å². The Morgan fingerprint density at radius 2 is 1.83 bits per heavy atom. The normalized spacial score (nSPS) is 10.6. The summed E-state index contributed by atoms with van der Waals surface area (Å²) >= 11 is 5.69. The van der Waals surface area contributed by atoms with Crippen LogP contribution >= 0.6 is 11.6 Å². The molecule has 0 radical (unpaired) electrons. The number of anilines is 3. The summed E-state index contributed by atoms with van der Waals surface area (Å²) in [6, 6.07) is 11.2. The summed E-state index contributed by atoms with van der Waals surface area (Å²) in [6.07, 6.45) is 0.901. The van der Waals surface area contributed by atoms with E-state index in [1.807, 2.05) is 19.1 Å². The molecule has 0 unspecified atom stereocenters. The first kappa shape index (κ1) is 20.3. The van der Waals surface area contributed by atoms with E-state index in [0.717, 1.165) is 22.7 Å². The highest BCUT2D eigenvalue weighted by Gasteiger charge is 2.19. The van der Waals surface area contributed by atoms with Gasteiger partial charge in [0.25, 0.3) is 5.91 Å². The maximum absolute atomic E-state index is 13.2. The molecule has 2 aromatic carbocycles. The van der Waals surface area contributed by atoms with Gasteiger partial charge < -0.3 is 16.4 Å². The minimum atomic E-state index is -0.660. The van der Waals surface area contributed by atoms with Gasteiger partial charge >= 0.3 is 0 Å². The fourth-order valence-electron chi connectivity index (χ4n) is 2.52. The van der Waals surface area contributed by atoms with E-state index in [-0.39, 0.29) is 34.7 Å². The number of carbonyl (C=O) groups excluding carboxylic acids is 2. The van der Waals surface area contributed by atoms with Crippen LogP contribution in [-0.4, -0.2) is 26.8 Å². The zero-order chi connectivity index (χ0) is 21.0. The number of aryl methyl sites for hydroxylation is 1. The molecule has 0 spiro atoms. The number of aromatic nitrogens is 3. The van der Waals surface area contributed by atoms with E-state index in [9.17, 15) is 14.0 Å². The molecule has 2 amide bonds. The Balaban J connectivity index is 1.65. The molecule has 4 N–H and O–H groups in total. The Labute approximate surface area is 170 Å². The molecule has 0 fully saturated rings. The third-order valence-corrected chi connectivity index (χ3v) is 4.39. The van der Waals surface area contributed by atoms with Crippen molar-refractivity contribution in [3.05, 3.63) is 64.6 Å². The molecule has 1 aromatic heterocycles. The van der Waals surface area contributed by atoms with Gasteiger partial charge in [0.1, 0.15) is 12.4 Å². The van der Waals surface area contributed by atoms with Crippen LogP contribution in [0.15, 0.2) is 42.5 Å². The van der Waals surface area contributed by atoms with Crippen molar-refractivity contribution in [2.24, 2.45) is 0 Å². The van der Waals surface area contributed by atoms with E-state index in [4.69, 9.17) is 17.3 Å². The van der Waals surface area contributed by atoms with Crippen molar-refractivity contribution in [3.8, 4) is 0 Å². The average molecular weight is 417 g/mol. The molecule has 1 heterocycles. The number of nitrogen functional groups attached to an aromatic ring is 1. The number of carbonyl (C=O) groups is 2. The lowest BCUT2D eigenvalue weighted by Crippen LogP contribution is -2.21. The van der Waals surface area contributed by atoms with Crippen LogP contribution in [0.25, 0.3) is 0 Å². The van der Waals surface area contributed by atoms with Gasteiger partial charge in [0.2, 0.25) is 5.91 Å². The van der Waals surface area contributed by atoms with Crippen molar-refractivity contribution in [2.75, 3.05) is 16.4 Å². The van der Waals surface area contributed by atoms with E-state index in [2.05, 4.69) is 20.9 Å². The van der Waals surface area contributed by atoms with Crippen molar-refractivity contribution < 1.29 is 14.0 Å². The molecule has 0 aliphatic heterocycles. The maximum Gasteiger partial charge on any atom is 0.280 e. The zero-order valence-electron chi connectivity index (χ0n) is 15.4. The molecule has 0 saturated carbocycles. The monoisotopic (exact) mass is 416 g/mol. The van der Waals surface area contributed by atoms with Crippen molar-refractivity contribution >= 4 is 40.6 Å². The summed E-state index contributed by atoms with van der Waals surface area (Å²) in [5, 5.41) is 12.6. The molecule has 3 rings (SSSR count). The van der Waals surface area contributed by atoms with E-state index in [1.54, 1.807) is 12.1 Å². The molecule has 10 heteroatoms. The zero-order valence-corrected chi connectivity index (χ0v) is 16.2. The number of benzene rings is 2. The predicted octanol–water partition coefficient (Wildman–Crippen LogP) is 3.11. The van der Waals surface area contributed by atoms with Crippen LogP contribution in [0.5, 0.6) is 0 Å². The number of amides is 2. The number of nitrogens with two attached hydrogens (primary N) is 1. The van der Waals surface area contributed by atoms with Gasteiger partial charge in [-0.25, -0.2) is 9.07 Å². The fraction of sp³-hybridized carbons (Fsp3) is 0.158. The van der Waals surface area contributed by atoms with Crippen LogP contribution in [0.3, 0.4) is 0 Å². The number of halogens is 2. The second-order valence-electron chi connectivity index (χ2n) is 6.16. The maximum atomic E-state index is 13.2. The Kier molecular flexibility index (Phi) is 6.08. The van der Waals surface area contributed by atoms with Gasteiger partial charge in [0.15, 0.2) is 11.5 Å². The van der Waals surface area contributed by atoms with Gasteiger partial charge in [-0.2, -0.15) is 0 Å². The molecule has 29 heavy (non-hydrogen) atoms. The highest BCUT2D eigenvalue weighted by molar-refractivity contribution is 6.31. The fourth-order valence-corrected chi connectivity index (χ4v) is 2.70. The molecule has 8 nitrogen and oxygen atoms in total. The number of nitrogens with one attached hydrogen (secondary N) is 2. The topological polar surface area (TPSA) is 115 Å². The summed E-state index contributed by atoms with van der Waals surface area (Å²) in [4.78, 5) is 24.6. The lowest BCUT2D eigenvalue weighted by atomic mass is 10.1. The molecule has 0 atom stereocenters. The highest BCUT2D eigenvalue weighted by atomic mass is 35.5. The minimum absolute atomic E-state index is 0.0767. The van der Waals surface area contributed by atoms with Crippen molar-refractivity contribution in [2.45, 2.75) is 19.9 Å². The minimum Gasteiger partial charge on any atom is -0.382 e. The summed E-state index contributed by atoms with van der Waals surface area (Å²) in [5.74, 6) is -1.72. The van der Waals surface area contributed by atoms with Gasteiger partial charge in [-0.1, -0.05) is 35.9 Å². The van der Waals surface area contributed by atoms with Crippen LogP contribution in [0.4, 0.5) is 21.6 Å². The number of nitrogens with zero attached hydrogens (tertiary/aromatic N) is 3. The second-order valence-corrected chi connectivity index (χ2v) is 6.57. The molecule has 0 bridgehead atoms. The summed E-state index contributed by atoms with van der Waals surface area (Å²) in [5.41, 5.74) is 7.80. The third kappa shape index (κ3) is 4.88. The van der Waals surface area contributed by atoms with E-state index >= 15 is 0 Å². The van der Waals surface area contributed by atoms with Gasteiger partial charge in [0.05, 0.1) is 5.02 Å². The predicted molar refractivity (Wildman–Crippen MR) is 108 cm³/mol.